The number of aromatic hydroxyl groups is 5. The van der Waals surface area contributed by atoms with Crippen LogP contribution in [0, 0.1) is 27.7 Å². The van der Waals surface area contributed by atoms with E-state index in [-0.39, 0.29) is 60.7 Å². The zero-order chi connectivity index (χ0) is 68.4. The first-order valence-electron chi connectivity index (χ1n) is 34.7. The number of halogens is 1. The summed E-state index contributed by atoms with van der Waals surface area (Å²) in [6, 6.07) is 40.0. The van der Waals surface area contributed by atoms with E-state index < -0.39 is 0 Å². The second-order valence-electron chi connectivity index (χ2n) is 29.1. The Kier molecular flexibility index (Phi) is 22.9. The predicted octanol–water partition coefficient (Wildman–Crippen LogP) is 20.3. The van der Waals surface area contributed by atoms with E-state index >= 15 is 0 Å². The number of hydrogen-bond donors (Lipinski definition) is 5. The summed E-state index contributed by atoms with van der Waals surface area (Å²) in [4.78, 5) is 29.3. The van der Waals surface area contributed by atoms with Crippen LogP contribution >= 0.6 is 11.6 Å². The van der Waals surface area contributed by atoms with Gasteiger partial charge in [-0.1, -0.05) is 110 Å². The standard InChI is InChI=1S/C42H45N3O3.C29H27N3O2.C13H19ClO.CH4.V/c1-25-20-36(42(3,4)5)38(47)26(2)35(25)24-48-33-18-19-34(37(46)23-33)41-44-39(31-16-14-27-10-6-8-12-29(27)21-31)43-40(45-41)32-17-15-28-11-7-9-13-30(28)22-32;33-24-13-14-25(26(34)17-24)29-31-27(22-11-9-18-5-1-3-7-20(18)15-22)30-28(32-29)23-12-10-19-6-2-4-8-21(19)16-23;1-8-6-11(13(3,4)5)12(15)9(2)10(8)7-14;;/h14-23,46-47H,6-13,24H2,1-5H3;9-17,33-34H,1-8H2;6,15H,7H2,1-5H3;1H4;. The van der Waals surface area contributed by atoms with Gasteiger partial charge in [-0.05, 0) is 279 Å². The van der Waals surface area contributed by atoms with E-state index in [9.17, 15) is 25.5 Å². The molecule has 99 heavy (non-hydrogen) atoms. The molecule has 4 aliphatic carbocycles. The Hall–Kier alpha value is -8.55. The van der Waals surface area contributed by atoms with Crippen LogP contribution < -0.4 is 4.74 Å². The number of ether oxygens (including phenoxy) is 1. The van der Waals surface area contributed by atoms with Crippen LogP contribution in [0.4, 0.5) is 0 Å². The van der Waals surface area contributed by atoms with Gasteiger partial charge in [0, 0.05) is 58.8 Å². The molecule has 8 aromatic carbocycles. The topological polar surface area (TPSA) is 188 Å². The van der Waals surface area contributed by atoms with E-state index in [0.29, 0.717) is 69.2 Å². The summed E-state index contributed by atoms with van der Waals surface area (Å²) in [5.74, 6) is 4.87. The molecular weight excluding hydrogens is 1290 g/mol. The summed E-state index contributed by atoms with van der Waals surface area (Å²) in [6.45, 7) is 20.8. The van der Waals surface area contributed by atoms with Crippen molar-refractivity contribution in [2.45, 2.75) is 203 Å². The van der Waals surface area contributed by atoms with Crippen molar-refractivity contribution in [2.24, 2.45) is 0 Å². The monoisotopic (exact) mass is 1380 g/mol. The summed E-state index contributed by atoms with van der Waals surface area (Å²) >= 11 is 5.86. The molecule has 14 heteroatoms. The van der Waals surface area contributed by atoms with Crippen LogP contribution in [0.1, 0.15) is 189 Å². The minimum Gasteiger partial charge on any atom is -0.508 e. The van der Waals surface area contributed by atoms with E-state index in [0.717, 1.165) is 118 Å². The maximum Gasteiger partial charge on any atom is 0.167 e. The molecule has 0 saturated carbocycles. The Morgan fingerprint density at radius 3 is 1.02 bits per heavy atom. The number of phenols is 5. The first kappa shape index (κ1) is 73.2. The average molecular weight is 1380 g/mol. The number of fused-ring (bicyclic) bond motifs is 4. The first-order chi connectivity index (χ1) is 46.5. The molecular formula is C85H95ClN6O6V. The number of aryl methyl sites for hydroxylation is 10. The van der Waals surface area contributed by atoms with Crippen molar-refractivity contribution >= 4 is 11.6 Å². The molecule has 0 bridgehead atoms. The van der Waals surface area contributed by atoms with Gasteiger partial charge in [0.05, 0.1) is 11.1 Å². The van der Waals surface area contributed by atoms with Crippen molar-refractivity contribution in [3.63, 3.8) is 0 Å². The molecule has 2 heterocycles. The molecule has 12 nitrogen and oxygen atoms in total. The van der Waals surface area contributed by atoms with E-state index in [1.54, 1.807) is 12.1 Å². The number of benzene rings is 8. The molecule has 4 aliphatic rings. The van der Waals surface area contributed by atoms with Crippen LogP contribution in [0.5, 0.6) is 34.5 Å². The predicted molar refractivity (Wildman–Crippen MR) is 397 cm³/mol. The number of aromatic nitrogens is 6. The summed E-state index contributed by atoms with van der Waals surface area (Å²) in [5.41, 5.74) is 23.6. The maximum atomic E-state index is 11.3. The first-order valence-corrected chi connectivity index (χ1v) is 35.2. The van der Waals surface area contributed by atoms with Crippen LogP contribution in [-0.2, 0) is 93.2 Å². The van der Waals surface area contributed by atoms with E-state index in [2.05, 4.69) is 114 Å². The minimum absolute atomic E-state index is 0. The summed E-state index contributed by atoms with van der Waals surface area (Å²) < 4.78 is 6.17. The smallest absolute Gasteiger partial charge is 0.167 e. The van der Waals surface area contributed by atoms with Gasteiger partial charge in [-0.2, -0.15) is 0 Å². The number of rotatable bonds is 10. The number of phenolic OH excluding ortho intramolecular Hbond substituents is 5. The largest absolute Gasteiger partial charge is 0.508 e. The van der Waals surface area contributed by atoms with Crippen molar-refractivity contribution in [1.82, 2.24) is 29.9 Å². The Bertz CT molecular complexity index is 4470. The molecule has 0 aliphatic heterocycles. The fourth-order valence-electron chi connectivity index (χ4n) is 14.3. The van der Waals surface area contributed by atoms with Gasteiger partial charge in [-0.25, -0.2) is 29.9 Å². The van der Waals surface area contributed by atoms with Gasteiger partial charge in [-0.3, -0.25) is 0 Å². The number of alkyl halides is 1. The third kappa shape index (κ3) is 16.4. The molecule has 0 fully saturated rings. The van der Waals surface area contributed by atoms with Crippen LogP contribution in [0.25, 0.3) is 68.3 Å². The minimum atomic E-state index is -0.171. The van der Waals surface area contributed by atoms with Gasteiger partial charge >= 0.3 is 0 Å². The van der Waals surface area contributed by atoms with Gasteiger partial charge in [0.2, 0.25) is 0 Å². The van der Waals surface area contributed by atoms with Crippen LogP contribution in [0.15, 0.2) is 121 Å². The van der Waals surface area contributed by atoms with Gasteiger partial charge in [0.25, 0.3) is 0 Å². The van der Waals surface area contributed by atoms with Crippen LogP contribution in [0.3, 0.4) is 0 Å². The maximum absolute atomic E-state index is 11.3. The summed E-state index contributed by atoms with van der Waals surface area (Å²) in [6.07, 6.45) is 18.5. The van der Waals surface area contributed by atoms with E-state index in [1.165, 1.54) is 108 Å². The van der Waals surface area contributed by atoms with Gasteiger partial charge in [-0.15, -0.1) is 11.6 Å². The number of nitrogens with zero attached hydrogens (tertiary/aromatic N) is 6. The van der Waals surface area contributed by atoms with Crippen molar-refractivity contribution in [3.05, 3.63) is 210 Å². The second kappa shape index (κ2) is 30.9. The van der Waals surface area contributed by atoms with Crippen LogP contribution in [0.2, 0.25) is 0 Å². The number of hydrogen-bond acceptors (Lipinski definition) is 12. The zero-order valence-corrected chi connectivity index (χ0v) is 60.6. The van der Waals surface area contributed by atoms with Crippen molar-refractivity contribution < 1.29 is 48.8 Å². The molecule has 0 atom stereocenters. The molecule has 0 unspecified atom stereocenters. The quantitative estimate of drug-likeness (QED) is 0.0817. The Morgan fingerprint density at radius 2 is 0.687 bits per heavy atom. The molecule has 0 spiro atoms. The van der Waals surface area contributed by atoms with Gasteiger partial charge < -0.3 is 30.3 Å². The molecule has 0 amide bonds. The van der Waals surface area contributed by atoms with Crippen LogP contribution in [-0.4, -0.2) is 55.4 Å². The molecule has 10 aromatic rings. The molecule has 14 rings (SSSR count). The Morgan fingerprint density at radius 1 is 0.374 bits per heavy atom. The summed E-state index contributed by atoms with van der Waals surface area (Å²) in [5, 5.41) is 52.7. The third-order valence-electron chi connectivity index (χ3n) is 20.1. The third-order valence-corrected chi connectivity index (χ3v) is 20.3. The molecule has 513 valence electrons. The zero-order valence-electron chi connectivity index (χ0n) is 58.4. The summed E-state index contributed by atoms with van der Waals surface area (Å²) in [7, 11) is 0. The average Bonchev–Trinajstić information content (AvgIpc) is 0.806. The van der Waals surface area contributed by atoms with E-state index in [4.69, 9.17) is 46.2 Å². The molecule has 0 saturated heterocycles. The van der Waals surface area contributed by atoms with Crippen molar-refractivity contribution in [1.29, 1.82) is 0 Å². The fraction of sp³-hybridized carbons (Fsp3) is 0.365. The van der Waals surface area contributed by atoms with Gasteiger partial charge in [0.1, 0.15) is 41.1 Å². The molecule has 2 aromatic heterocycles. The molecule has 1 radical (unpaired) electrons. The normalized spacial score (nSPS) is 13.9. The Balaban J connectivity index is 0.000000180. The van der Waals surface area contributed by atoms with E-state index in [1.807, 2.05) is 52.0 Å². The SMILES string of the molecule is C.Cc1cc(C(C)(C)C)c(O)c(C)c1CCl.Cc1cc(C(C)(C)C)c(O)c(C)c1COc1ccc(-c2nc(-c3ccc4c(c3)CCCC4)nc(-c3ccc4c(c3)CCCC4)n2)c(O)c1.Oc1ccc(-c2nc(-c3ccc4c(c3)CCCC4)nc(-c3ccc4c(c3)CCCC4)n2)c(O)c1.[V]. The Labute approximate surface area is 602 Å². The second-order valence-corrected chi connectivity index (χ2v) is 29.3. The van der Waals surface area contributed by atoms with Crippen molar-refractivity contribution in [3.8, 4) is 103 Å². The van der Waals surface area contributed by atoms with Gasteiger partial charge in [0.15, 0.2) is 34.9 Å². The van der Waals surface area contributed by atoms with Crippen molar-refractivity contribution in [2.75, 3.05) is 0 Å². The molecule has 5 N–H and O–H groups in total. The fourth-order valence-corrected chi connectivity index (χ4v) is 14.7.